The third kappa shape index (κ3) is 3.51. The molecule has 1 fully saturated rings. The molecule has 1 saturated carbocycles. The Hall–Kier alpha value is -0.810. The molecule has 2 amide bonds. The van der Waals surface area contributed by atoms with E-state index in [1.54, 1.807) is 6.92 Å². The summed E-state index contributed by atoms with van der Waals surface area (Å²) in [4.78, 5) is 22.1. The van der Waals surface area contributed by atoms with Crippen LogP contribution in [0.1, 0.15) is 20.3 Å². The Kier molecular flexibility index (Phi) is 4.87. The first-order valence-electron chi connectivity index (χ1n) is 4.37. The van der Waals surface area contributed by atoms with Crippen LogP contribution in [-0.4, -0.2) is 17.9 Å². The number of nitrogens with two attached hydrogens (primary N) is 1. The Labute approximate surface area is 89.2 Å². The molecule has 82 valence electrons. The van der Waals surface area contributed by atoms with Gasteiger partial charge in [-0.3, -0.25) is 20.4 Å². The first-order chi connectivity index (χ1) is 6.02. The van der Waals surface area contributed by atoms with Crippen LogP contribution in [-0.2, 0) is 9.59 Å². The van der Waals surface area contributed by atoms with Gasteiger partial charge in [0.2, 0.25) is 5.91 Å². The molecule has 3 atom stereocenters. The van der Waals surface area contributed by atoms with Crippen LogP contribution in [0.5, 0.6) is 0 Å². The number of hydrogen-bond donors (Lipinski definition) is 3. The van der Waals surface area contributed by atoms with Gasteiger partial charge < -0.3 is 5.73 Å². The lowest BCUT2D eigenvalue weighted by molar-refractivity contribution is -0.130. The number of carbonyl (C=O) groups is 2. The number of amides is 2. The highest BCUT2D eigenvalue weighted by Gasteiger charge is 2.39. The van der Waals surface area contributed by atoms with Gasteiger partial charge in [-0.1, -0.05) is 6.92 Å². The van der Waals surface area contributed by atoms with Gasteiger partial charge in [-0.2, -0.15) is 0 Å². The van der Waals surface area contributed by atoms with Crippen molar-refractivity contribution < 1.29 is 9.59 Å². The topological polar surface area (TPSA) is 84.2 Å². The molecule has 0 aromatic rings. The lowest BCUT2D eigenvalue weighted by Gasteiger charge is -2.08. The molecule has 0 aliphatic heterocycles. The van der Waals surface area contributed by atoms with E-state index in [0.29, 0.717) is 5.92 Å². The molecule has 1 rings (SSSR count). The lowest BCUT2D eigenvalue weighted by atomic mass is 10.3. The van der Waals surface area contributed by atoms with Gasteiger partial charge in [0.15, 0.2) is 0 Å². The van der Waals surface area contributed by atoms with Gasteiger partial charge in [0, 0.05) is 5.92 Å². The SMILES string of the molecule is CC1CC1C(=O)NNC(=O)[C@@H](C)N.Cl. The summed E-state index contributed by atoms with van der Waals surface area (Å²) in [7, 11) is 0. The van der Waals surface area contributed by atoms with E-state index in [9.17, 15) is 9.59 Å². The number of nitrogens with one attached hydrogen (secondary N) is 2. The maximum atomic E-state index is 11.2. The van der Waals surface area contributed by atoms with Crippen molar-refractivity contribution in [2.75, 3.05) is 0 Å². The van der Waals surface area contributed by atoms with Crippen molar-refractivity contribution in [2.45, 2.75) is 26.3 Å². The Morgan fingerprint density at radius 3 is 2.29 bits per heavy atom. The summed E-state index contributed by atoms with van der Waals surface area (Å²) in [5.41, 5.74) is 9.88. The summed E-state index contributed by atoms with van der Waals surface area (Å²) in [6.45, 7) is 3.55. The van der Waals surface area contributed by atoms with Crippen molar-refractivity contribution in [3.8, 4) is 0 Å². The third-order valence-corrected chi connectivity index (χ3v) is 2.17. The van der Waals surface area contributed by atoms with E-state index in [1.807, 2.05) is 6.92 Å². The smallest absolute Gasteiger partial charge is 0.254 e. The number of hydrazine groups is 1. The molecular weight excluding hydrogens is 206 g/mol. The molecule has 0 heterocycles. The quantitative estimate of drug-likeness (QED) is 0.553. The minimum atomic E-state index is -0.600. The highest BCUT2D eigenvalue weighted by Crippen LogP contribution is 2.37. The summed E-state index contributed by atoms with van der Waals surface area (Å²) < 4.78 is 0. The first kappa shape index (κ1) is 13.2. The molecule has 6 heteroatoms. The molecule has 2 unspecified atom stereocenters. The number of halogens is 1. The van der Waals surface area contributed by atoms with E-state index in [-0.39, 0.29) is 30.1 Å². The predicted molar refractivity (Wildman–Crippen MR) is 54.5 cm³/mol. The Balaban J connectivity index is 0.00000169. The monoisotopic (exact) mass is 221 g/mol. The zero-order valence-electron chi connectivity index (χ0n) is 8.24. The zero-order chi connectivity index (χ0) is 10.0. The van der Waals surface area contributed by atoms with Gasteiger partial charge in [-0.05, 0) is 19.3 Å². The zero-order valence-corrected chi connectivity index (χ0v) is 9.06. The molecule has 0 aromatic carbocycles. The van der Waals surface area contributed by atoms with E-state index in [2.05, 4.69) is 10.9 Å². The minimum absolute atomic E-state index is 0. The van der Waals surface area contributed by atoms with E-state index in [4.69, 9.17) is 5.73 Å². The van der Waals surface area contributed by atoms with Gasteiger partial charge in [0.25, 0.3) is 5.91 Å². The molecule has 0 saturated heterocycles. The number of carbonyl (C=O) groups excluding carboxylic acids is 2. The molecule has 0 aromatic heterocycles. The van der Waals surface area contributed by atoms with Gasteiger partial charge >= 0.3 is 0 Å². The molecule has 0 spiro atoms. The van der Waals surface area contributed by atoms with Crippen molar-refractivity contribution in [3.63, 3.8) is 0 Å². The minimum Gasteiger partial charge on any atom is -0.320 e. The standard InChI is InChI=1S/C8H15N3O2.ClH/c1-4-3-6(4)8(13)11-10-7(12)5(2)9;/h4-6H,3,9H2,1-2H3,(H,10,12)(H,11,13);1H/t4?,5-,6?;/m1./s1. The normalized spacial score (nSPS) is 25.6. The maximum Gasteiger partial charge on any atom is 0.254 e. The van der Waals surface area contributed by atoms with Crippen molar-refractivity contribution in [1.82, 2.24) is 10.9 Å². The second kappa shape index (κ2) is 5.17. The highest BCUT2D eigenvalue weighted by molar-refractivity contribution is 5.86. The van der Waals surface area contributed by atoms with Crippen LogP contribution in [0.15, 0.2) is 0 Å². The third-order valence-electron chi connectivity index (χ3n) is 2.17. The summed E-state index contributed by atoms with van der Waals surface area (Å²) in [6.07, 6.45) is 0.903. The predicted octanol–water partition coefficient (Wildman–Crippen LogP) is -0.441. The average molecular weight is 222 g/mol. The largest absolute Gasteiger partial charge is 0.320 e. The van der Waals surface area contributed by atoms with Crippen LogP contribution in [0.25, 0.3) is 0 Å². The summed E-state index contributed by atoms with van der Waals surface area (Å²) in [5, 5.41) is 0. The molecule has 5 nitrogen and oxygen atoms in total. The molecular formula is C8H16ClN3O2. The molecule has 1 aliphatic rings. The van der Waals surface area contributed by atoms with E-state index in [1.165, 1.54) is 0 Å². The van der Waals surface area contributed by atoms with Gasteiger partial charge in [0.05, 0.1) is 6.04 Å². The van der Waals surface area contributed by atoms with Crippen LogP contribution >= 0.6 is 12.4 Å². The van der Waals surface area contributed by atoms with Crippen molar-refractivity contribution in [2.24, 2.45) is 17.6 Å². The van der Waals surface area contributed by atoms with E-state index in [0.717, 1.165) is 6.42 Å². The second-order valence-electron chi connectivity index (χ2n) is 3.59. The fraction of sp³-hybridized carbons (Fsp3) is 0.750. The summed E-state index contributed by atoms with van der Waals surface area (Å²) in [5.74, 6) is 0.00346. The van der Waals surface area contributed by atoms with Crippen LogP contribution in [0, 0.1) is 11.8 Å². The fourth-order valence-corrected chi connectivity index (χ4v) is 1.02. The fourth-order valence-electron chi connectivity index (χ4n) is 1.02. The van der Waals surface area contributed by atoms with Crippen molar-refractivity contribution in [1.29, 1.82) is 0 Å². The van der Waals surface area contributed by atoms with Gasteiger partial charge in [-0.25, -0.2) is 0 Å². The maximum absolute atomic E-state index is 11.2. The second-order valence-corrected chi connectivity index (χ2v) is 3.59. The van der Waals surface area contributed by atoms with Crippen LogP contribution < -0.4 is 16.6 Å². The lowest BCUT2D eigenvalue weighted by Crippen LogP contribution is -2.48. The number of rotatable bonds is 2. The van der Waals surface area contributed by atoms with Gasteiger partial charge in [-0.15, -0.1) is 12.4 Å². The summed E-state index contributed by atoms with van der Waals surface area (Å²) >= 11 is 0. The molecule has 1 aliphatic carbocycles. The van der Waals surface area contributed by atoms with Crippen molar-refractivity contribution >= 4 is 24.2 Å². The molecule has 14 heavy (non-hydrogen) atoms. The van der Waals surface area contributed by atoms with Gasteiger partial charge in [0.1, 0.15) is 0 Å². The van der Waals surface area contributed by atoms with Crippen LogP contribution in [0.3, 0.4) is 0 Å². The van der Waals surface area contributed by atoms with Crippen molar-refractivity contribution in [3.05, 3.63) is 0 Å². The molecule has 4 N–H and O–H groups in total. The summed E-state index contributed by atoms with van der Waals surface area (Å²) in [6, 6.07) is -0.600. The Morgan fingerprint density at radius 1 is 1.43 bits per heavy atom. The van der Waals surface area contributed by atoms with Crippen LogP contribution in [0.4, 0.5) is 0 Å². The average Bonchev–Trinajstić information content (AvgIpc) is 2.77. The van der Waals surface area contributed by atoms with Crippen LogP contribution in [0.2, 0.25) is 0 Å². The Bertz CT molecular complexity index is 233. The molecule has 0 bridgehead atoms. The van der Waals surface area contributed by atoms with E-state index < -0.39 is 6.04 Å². The Morgan fingerprint density at radius 2 is 1.93 bits per heavy atom. The number of hydrogen-bond acceptors (Lipinski definition) is 3. The first-order valence-corrected chi connectivity index (χ1v) is 4.37. The highest BCUT2D eigenvalue weighted by atomic mass is 35.5. The van der Waals surface area contributed by atoms with E-state index >= 15 is 0 Å². The molecule has 0 radical (unpaired) electrons.